The number of benzene rings is 1. The van der Waals surface area contributed by atoms with E-state index >= 15 is 0 Å². The van der Waals surface area contributed by atoms with Crippen LogP contribution in [0.1, 0.15) is 44.6 Å². The number of fused-ring (bicyclic) bond motifs is 1. The molecule has 2 fully saturated rings. The van der Waals surface area contributed by atoms with Crippen molar-refractivity contribution in [2.75, 3.05) is 32.7 Å². The summed E-state index contributed by atoms with van der Waals surface area (Å²) < 4.78 is 0. The Morgan fingerprint density at radius 2 is 1.82 bits per heavy atom. The monoisotopic (exact) mass is 381 g/mol. The van der Waals surface area contributed by atoms with E-state index in [9.17, 15) is 9.59 Å². The maximum Gasteiger partial charge on any atom is 0.234 e. The van der Waals surface area contributed by atoms with Crippen LogP contribution in [0.4, 0.5) is 0 Å². The highest BCUT2D eigenvalue weighted by atomic mass is 16.2. The number of hydrogen-bond acceptors (Lipinski definition) is 3. The third-order valence-electron chi connectivity index (χ3n) is 6.69. The molecule has 150 valence electrons. The lowest BCUT2D eigenvalue weighted by molar-refractivity contribution is -0.149. The molecule has 3 aliphatic rings. The van der Waals surface area contributed by atoms with Gasteiger partial charge in [0.1, 0.15) is 0 Å². The highest BCUT2D eigenvalue weighted by Gasteiger charge is 2.51. The first-order valence-electron chi connectivity index (χ1n) is 10.7. The second-order valence-electron chi connectivity index (χ2n) is 8.26. The van der Waals surface area contributed by atoms with Crippen molar-refractivity contribution in [3.05, 3.63) is 47.7 Å². The first-order valence-corrected chi connectivity index (χ1v) is 10.7. The molecular formula is C23H31N3O2. The average Bonchev–Trinajstić information content (AvgIpc) is 2.76. The average molecular weight is 382 g/mol. The number of likely N-dealkylation sites (N-methyl/N-ethyl adjacent to an activating group) is 1. The molecule has 28 heavy (non-hydrogen) atoms. The van der Waals surface area contributed by atoms with E-state index in [0.717, 1.165) is 63.2 Å². The third kappa shape index (κ3) is 3.48. The van der Waals surface area contributed by atoms with Gasteiger partial charge in [-0.2, -0.15) is 0 Å². The zero-order chi connectivity index (χ0) is 19.6. The van der Waals surface area contributed by atoms with Gasteiger partial charge in [-0.15, -0.1) is 0 Å². The minimum atomic E-state index is -0.505. The standard InChI is InChI=1S/C23H31N3O2/c1-2-24-14-16-25(17-15-24)22(28)23-12-7-6-10-20(23)26(21(27)11-13-23)18-19-8-4-3-5-9-19/h3-5,8-10H,2,6-7,11-18H2,1H3. The fraction of sp³-hybridized carbons (Fsp3) is 0.565. The predicted molar refractivity (Wildman–Crippen MR) is 109 cm³/mol. The maximum absolute atomic E-state index is 13.7. The SMILES string of the molecule is CCN1CCN(C(=O)C23CCCC=C2N(Cc2ccccc2)C(=O)CC3)CC1. The number of piperazine rings is 1. The number of nitrogens with zero attached hydrogens (tertiary/aromatic N) is 3. The van der Waals surface area contributed by atoms with E-state index in [1.807, 2.05) is 23.1 Å². The smallest absolute Gasteiger partial charge is 0.234 e. The topological polar surface area (TPSA) is 43.9 Å². The summed E-state index contributed by atoms with van der Waals surface area (Å²) in [6.07, 6.45) is 6.14. The molecule has 0 aromatic heterocycles. The number of piperidine rings is 1. The molecule has 1 unspecified atom stereocenters. The van der Waals surface area contributed by atoms with Crippen molar-refractivity contribution < 1.29 is 9.59 Å². The molecule has 0 N–H and O–H groups in total. The Labute approximate surface area is 168 Å². The highest BCUT2D eigenvalue weighted by molar-refractivity contribution is 5.91. The summed E-state index contributed by atoms with van der Waals surface area (Å²) in [5, 5.41) is 0. The molecular weight excluding hydrogens is 350 g/mol. The Kier molecular flexibility index (Phi) is 5.54. The lowest BCUT2D eigenvalue weighted by Gasteiger charge is -2.49. The second-order valence-corrected chi connectivity index (χ2v) is 8.26. The summed E-state index contributed by atoms with van der Waals surface area (Å²) in [4.78, 5) is 32.9. The van der Waals surface area contributed by atoms with Crippen LogP contribution < -0.4 is 0 Å². The number of amides is 2. The maximum atomic E-state index is 13.7. The van der Waals surface area contributed by atoms with E-state index < -0.39 is 5.41 Å². The van der Waals surface area contributed by atoms with Crippen LogP contribution in [0, 0.1) is 5.41 Å². The van der Waals surface area contributed by atoms with Crippen LogP contribution in [0.5, 0.6) is 0 Å². The number of rotatable bonds is 4. The molecule has 5 heteroatoms. The van der Waals surface area contributed by atoms with Crippen LogP contribution >= 0.6 is 0 Å². The third-order valence-corrected chi connectivity index (χ3v) is 6.69. The summed E-state index contributed by atoms with van der Waals surface area (Å²) in [5.74, 6) is 0.399. The van der Waals surface area contributed by atoms with Crippen molar-refractivity contribution in [2.24, 2.45) is 5.41 Å². The summed E-state index contributed by atoms with van der Waals surface area (Å²) in [6, 6.07) is 10.1. The van der Waals surface area contributed by atoms with Gasteiger partial charge in [0.25, 0.3) is 0 Å². The number of likely N-dealkylation sites (tertiary alicyclic amines) is 1. The molecule has 1 aliphatic carbocycles. The van der Waals surface area contributed by atoms with Crippen LogP contribution in [0.15, 0.2) is 42.1 Å². The van der Waals surface area contributed by atoms with E-state index in [1.165, 1.54) is 0 Å². The van der Waals surface area contributed by atoms with Crippen molar-refractivity contribution in [1.82, 2.24) is 14.7 Å². The minimum Gasteiger partial charge on any atom is -0.339 e. The summed E-state index contributed by atoms with van der Waals surface area (Å²) in [7, 11) is 0. The molecule has 1 atom stereocenters. The summed E-state index contributed by atoms with van der Waals surface area (Å²) >= 11 is 0. The Morgan fingerprint density at radius 1 is 1.07 bits per heavy atom. The number of allylic oxidation sites excluding steroid dienone is 1. The highest BCUT2D eigenvalue weighted by Crippen LogP contribution is 2.48. The Hall–Kier alpha value is -2.14. The van der Waals surface area contributed by atoms with Crippen LogP contribution in [-0.2, 0) is 16.1 Å². The van der Waals surface area contributed by atoms with Gasteiger partial charge >= 0.3 is 0 Å². The number of hydrogen-bond donors (Lipinski definition) is 0. The van der Waals surface area contributed by atoms with Gasteiger partial charge in [-0.1, -0.05) is 43.3 Å². The van der Waals surface area contributed by atoms with Crippen LogP contribution in [0.2, 0.25) is 0 Å². The fourth-order valence-electron chi connectivity index (χ4n) is 5.01. The van der Waals surface area contributed by atoms with Crippen LogP contribution in [-0.4, -0.2) is 59.2 Å². The summed E-state index contributed by atoms with van der Waals surface area (Å²) in [6.45, 7) is 7.27. The zero-order valence-corrected chi connectivity index (χ0v) is 16.9. The van der Waals surface area contributed by atoms with Gasteiger partial charge in [0.15, 0.2) is 0 Å². The van der Waals surface area contributed by atoms with Gasteiger partial charge in [0.2, 0.25) is 11.8 Å². The summed E-state index contributed by atoms with van der Waals surface area (Å²) in [5.41, 5.74) is 1.58. The fourth-order valence-corrected chi connectivity index (χ4v) is 5.01. The van der Waals surface area contributed by atoms with Gasteiger partial charge in [0.05, 0.1) is 12.0 Å². The number of carbonyl (C=O) groups is 2. The van der Waals surface area contributed by atoms with Crippen molar-refractivity contribution in [3.8, 4) is 0 Å². The first kappa shape index (κ1) is 19.2. The van der Waals surface area contributed by atoms with E-state index in [1.54, 1.807) is 0 Å². The van der Waals surface area contributed by atoms with E-state index in [2.05, 4.69) is 34.9 Å². The molecule has 2 amide bonds. The van der Waals surface area contributed by atoms with Crippen molar-refractivity contribution in [2.45, 2.75) is 45.6 Å². The Morgan fingerprint density at radius 3 is 2.54 bits per heavy atom. The van der Waals surface area contributed by atoms with E-state index in [0.29, 0.717) is 19.4 Å². The van der Waals surface area contributed by atoms with Gasteiger partial charge in [-0.25, -0.2) is 0 Å². The van der Waals surface area contributed by atoms with E-state index in [4.69, 9.17) is 0 Å². The molecule has 0 saturated carbocycles. The normalized spacial score (nSPS) is 26.0. The second kappa shape index (κ2) is 8.08. The lowest BCUT2D eigenvalue weighted by atomic mass is 9.68. The quantitative estimate of drug-likeness (QED) is 0.805. The van der Waals surface area contributed by atoms with Gasteiger partial charge in [-0.05, 0) is 37.8 Å². The Bertz CT molecular complexity index is 752. The van der Waals surface area contributed by atoms with Gasteiger partial charge in [0, 0.05) is 38.3 Å². The first-order chi connectivity index (χ1) is 13.6. The van der Waals surface area contributed by atoms with Crippen molar-refractivity contribution >= 4 is 11.8 Å². The molecule has 0 radical (unpaired) electrons. The zero-order valence-electron chi connectivity index (χ0n) is 16.9. The molecule has 1 aromatic carbocycles. The molecule has 2 aliphatic heterocycles. The molecule has 2 saturated heterocycles. The molecule has 2 heterocycles. The van der Waals surface area contributed by atoms with Gasteiger partial charge < -0.3 is 14.7 Å². The number of carbonyl (C=O) groups excluding carboxylic acids is 2. The van der Waals surface area contributed by atoms with Crippen LogP contribution in [0.3, 0.4) is 0 Å². The largest absolute Gasteiger partial charge is 0.339 e. The minimum absolute atomic E-state index is 0.149. The molecule has 0 bridgehead atoms. The molecule has 4 rings (SSSR count). The predicted octanol–water partition coefficient (Wildman–Crippen LogP) is 3.03. The molecule has 5 nitrogen and oxygen atoms in total. The van der Waals surface area contributed by atoms with E-state index in [-0.39, 0.29) is 11.8 Å². The lowest BCUT2D eigenvalue weighted by Crippen LogP contribution is -2.57. The van der Waals surface area contributed by atoms with Crippen molar-refractivity contribution in [3.63, 3.8) is 0 Å². The van der Waals surface area contributed by atoms with Crippen LogP contribution in [0.25, 0.3) is 0 Å². The molecule has 0 spiro atoms. The van der Waals surface area contributed by atoms with Gasteiger partial charge in [-0.3, -0.25) is 9.59 Å². The van der Waals surface area contributed by atoms with Crippen molar-refractivity contribution in [1.29, 1.82) is 0 Å². The Balaban J connectivity index is 1.60. The molecule has 1 aromatic rings.